The number of carboxylic acid groups (broad SMARTS) is 1. The molecule has 112 valence electrons. The van der Waals surface area contributed by atoms with Gasteiger partial charge < -0.3 is 14.9 Å². The van der Waals surface area contributed by atoms with Gasteiger partial charge in [-0.05, 0) is 13.8 Å². The zero-order valence-corrected chi connectivity index (χ0v) is 12.9. The number of aromatic nitrogens is 1. The Labute approximate surface area is 121 Å². The second kappa shape index (κ2) is 5.57. The predicted octanol–water partition coefficient (Wildman–Crippen LogP) is 1.13. The Bertz CT molecular complexity index is 589. The van der Waals surface area contributed by atoms with Crippen LogP contribution >= 0.6 is 11.3 Å². The summed E-state index contributed by atoms with van der Waals surface area (Å²) in [5.41, 5.74) is 0. The van der Waals surface area contributed by atoms with Crippen LogP contribution in [-0.2, 0) is 9.84 Å². The van der Waals surface area contributed by atoms with E-state index in [1.54, 1.807) is 13.8 Å². The molecular formula is C11H17N3O4S2. The summed E-state index contributed by atoms with van der Waals surface area (Å²) in [6.07, 6.45) is 0.464. The molecule has 1 aliphatic rings. The van der Waals surface area contributed by atoms with Gasteiger partial charge in [-0.1, -0.05) is 11.3 Å². The Balaban J connectivity index is 2.10. The van der Waals surface area contributed by atoms with Crippen LogP contribution in [0.5, 0.6) is 0 Å². The van der Waals surface area contributed by atoms with Gasteiger partial charge in [-0.3, -0.25) is 0 Å². The molecule has 1 amide bonds. The Morgan fingerprint density at radius 1 is 1.35 bits per heavy atom. The number of amides is 1. The van der Waals surface area contributed by atoms with E-state index in [4.69, 9.17) is 5.11 Å². The van der Waals surface area contributed by atoms with E-state index in [-0.39, 0.29) is 4.21 Å². The number of sulfone groups is 1. The summed E-state index contributed by atoms with van der Waals surface area (Å²) < 4.78 is 24.3. The number of hydrogen-bond donors (Lipinski definition) is 1. The lowest BCUT2D eigenvalue weighted by Crippen LogP contribution is -2.48. The van der Waals surface area contributed by atoms with Crippen molar-refractivity contribution in [2.45, 2.75) is 23.3 Å². The van der Waals surface area contributed by atoms with Crippen molar-refractivity contribution in [3.8, 4) is 0 Å². The molecule has 20 heavy (non-hydrogen) atoms. The molecule has 9 heteroatoms. The van der Waals surface area contributed by atoms with Crippen LogP contribution in [0.2, 0.25) is 0 Å². The molecule has 0 atom stereocenters. The smallest absolute Gasteiger partial charge is 0.407 e. The summed E-state index contributed by atoms with van der Waals surface area (Å²) in [7, 11) is -3.29. The van der Waals surface area contributed by atoms with Gasteiger partial charge >= 0.3 is 6.09 Å². The number of piperazine rings is 1. The fourth-order valence-corrected chi connectivity index (χ4v) is 4.48. The van der Waals surface area contributed by atoms with Crippen molar-refractivity contribution >= 4 is 32.4 Å². The summed E-state index contributed by atoms with van der Waals surface area (Å²) in [5, 5.41) is 9.04. The molecular weight excluding hydrogens is 302 g/mol. The van der Waals surface area contributed by atoms with Crippen molar-refractivity contribution in [2.24, 2.45) is 0 Å². The minimum absolute atomic E-state index is 0.267. The van der Waals surface area contributed by atoms with E-state index in [9.17, 15) is 13.2 Å². The summed E-state index contributed by atoms with van der Waals surface area (Å²) >= 11 is 1.15. The number of carbonyl (C=O) groups is 1. The summed E-state index contributed by atoms with van der Waals surface area (Å²) in [6.45, 7) is 5.14. The molecule has 2 heterocycles. The molecule has 1 saturated heterocycles. The molecule has 7 nitrogen and oxygen atoms in total. The third-order valence-electron chi connectivity index (χ3n) is 3.19. The normalized spacial score (nSPS) is 16.8. The number of hydrogen-bond acceptors (Lipinski definition) is 6. The molecule has 0 aromatic carbocycles. The van der Waals surface area contributed by atoms with E-state index in [1.165, 1.54) is 11.1 Å². The molecule has 1 aromatic heterocycles. The minimum Gasteiger partial charge on any atom is -0.465 e. The lowest BCUT2D eigenvalue weighted by Gasteiger charge is -2.32. The second-order valence-electron chi connectivity index (χ2n) is 4.81. The lowest BCUT2D eigenvalue weighted by atomic mass is 10.3. The van der Waals surface area contributed by atoms with E-state index in [2.05, 4.69) is 4.98 Å². The average Bonchev–Trinajstić information content (AvgIpc) is 2.88. The molecule has 1 aliphatic heterocycles. The van der Waals surface area contributed by atoms with Gasteiger partial charge in [0.05, 0.1) is 11.4 Å². The van der Waals surface area contributed by atoms with Crippen molar-refractivity contribution in [3.05, 3.63) is 6.20 Å². The maximum Gasteiger partial charge on any atom is 0.407 e. The van der Waals surface area contributed by atoms with Gasteiger partial charge in [0, 0.05) is 26.2 Å². The first kappa shape index (κ1) is 15.0. The highest BCUT2D eigenvalue weighted by molar-refractivity contribution is 7.94. The van der Waals surface area contributed by atoms with Crippen molar-refractivity contribution in [1.82, 2.24) is 9.88 Å². The van der Waals surface area contributed by atoms with Crippen LogP contribution in [0.1, 0.15) is 13.8 Å². The first-order valence-electron chi connectivity index (χ1n) is 6.25. The number of thiazole rings is 1. The Hall–Kier alpha value is -1.35. The standard InChI is InChI=1S/C11H17N3O4S2/c1-8(2)20(17,18)9-7-12-10(19-9)13-3-5-14(6-4-13)11(15)16/h7-8H,3-6H2,1-2H3,(H,15,16). The van der Waals surface area contributed by atoms with E-state index in [1.807, 2.05) is 4.90 Å². The summed E-state index contributed by atoms with van der Waals surface area (Å²) in [4.78, 5) is 18.2. The van der Waals surface area contributed by atoms with Gasteiger partial charge in [0.25, 0.3) is 0 Å². The van der Waals surface area contributed by atoms with Gasteiger partial charge in [-0.2, -0.15) is 0 Å². The van der Waals surface area contributed by atoms with Crippen LogP contribution in [0, 0.1) is 0 Å². The van der Waals surface area contributed by atoms with Crippen LogP contribution in [0.4, 0.5) is 9.93 Å². The van der Waals surface area contributed by atoms with Crippen molar-refractivity contribution in [2.75, 3.05) is 31.1 Å². The van der Waals surface area contributed by atoms with Gasteiger partial charge in [-0.15, -0.1) is 0 Å². The highest BCUT2D eigenvalue weighted by Gasteiger charge is 2.26. The van der Waals surface area contributed by atoms with Crippen LogP contribution in [0.15, 0.2) is 10.4 Å². The van der Waals surface area contributed by atoms with Crippen LogP contribution in [-0.4, -0.2) is 60.9 Å². The van der Waals surface area contributed by atoms with Crippen LogP contribution < -0.4 is 4.90 Å². The first-order valence-corrected chi connectivity index (χ1v) is 8.61. The maximum absolute atomic E-state index is 12.0. The van der Waals surface area contributed by atoms with Crippen molar-refractivity contribution < 1.29 is 18.3 Å². The quantitative estimate of drug-likeness (QED) is 0.898. The molecule has 0 radical (unpaired) electrons. The topological polar surface area (TPSA) is 90.8 Å². The zero-order valence-electron chi connectivity index (χ0n) is 11.3. The van der Waals surface area contributed by atoms with E-state index in [0.717, 1.165) is 11.3 Å². The molecule has 2 rings (SSSR count). The molecule has 0 aliphatic carbocycles. The number of rotatable bonds is 3. The maximum atomic E-state index is 12.0. The van der Waals surface area contributed by atoms with E-state index < -0.39 is 21.2 Å². The molecule has 0 unspecified atom stereocenters. The van der Waals surface area contributed by atoms with Crippen LogP contribution in [0.25, 0.3) is 0 Å². The SMILES string of the molecule is CC(C)S(=O)(=O)c1cnc(N2CCN(C(=O)O)CC2)s1. The van der Waals surface area contributed by atoms with Crippen molar-refractivity contribution in [1.29, 1.82) is 0 Å². The number of nitrogens with zero attached hydrogens (tertiary/aromatic N) is 3. The molecule has 0 spiro atoms. The number of anilines is 1. The van der Waals surface area contributed by atoms with Crippen LogP contribution in [0.3, 0.4) is 0 Å². The van der Waals surface area contributed by atoms with Gasteiger partial charge in [0.2, 0.25) is 0 Å². The Morgan fingerprint density at radius 3 is 2.45 bits per heavy atom. The summed E-state index contributed by atoms with van der Waals surface area (Å²) in [6, 6.07) is 0. The fraction of sp³-hybridized carbons (Fsp3) is 0.636. The lowest BCUT2D eigenvalue weighted by molar-refractivity contribution is 0.142. The predicted molar refractivity (Wildman–Crippen MR) is 76.2 cm³/mol. The summed E-state index contributed by atoms with van der Waals surface area (Å²) in [5.74, 6) is 0. The first-order chi connectivity index (χ1) is 9.32. The zero-order chi connectivity index (χ0) is 14.9. The third-order valence-corrected chi connectivity index (χ3v) is 6.90. The van der Waals surface area contributed by atoms with Gasteiger partial charge in [0.15, 0.2) is 15.0 Å². The largest absolute Gasteiger partial charge is 0.465 e. The van der Waals surface area contributed by atoms with E-state index >= 15 is 0 Å². The molecule has 1 fully saturated rings. The van der Waals surface area contributed by atoms with Gasteiger partial charge in [-0.25, -0.2) is 18.2 Å². The molecule has 0 bridgehead atoms. The molecule has 1 N–H and O–H groups in total. The highest BCUT2D eigenvalue weighted by atomic mass is 32.2. The monoisotopic (exact) mass is 319 g/mol. The molecule has 0 saturated carbocycles. The average molecular weight is 319 g/mol. The Morgan fingerprint density at radius 2 is 1.95 bits per heavy atom. The Kier molecular flexibility index (Phi) is 4.19. The second-order valence-corrected chi connectivity index (χ2v) is 8.55. The fourth-order valence-electron chi connectivity index (χ4n) is 1.85. The van der Waals surface area contributed by atoms with Crippen molar-refractivity contribution in [3.63, 3.8) is 0 Å². The minimum atomic E-state index is -3.29. The van der Waals surface area contributed by atoms with E-state index in [0.29, 0.717) is 31.3 Å². The molecule has 1 aromatic rings. The third kappa shape index (κ3) is 2.88. The van der Waals surface area contributed by atoms with Gasteiger partial charge in [0.1, 0.15) is 4.21 Å². The highest BCUT2D eigenvalue weighted by Crippen LogP contribution is 2.29.